The molecule has 0 aromatic carbocycles. The van der Waals surface area contributed by atoms with Crippen molar-refractivity contribution in [2.45, 2.75) is 59.8 Å². The molecule has 0 saturated heterocycles. The van der Waals surface area contributed by atoms with E-state index in [9.17, 15) is 9.59 Å². The first-order valence-electron chi connectivity index (χ1n) is 8.21. The summed E-state index contributed by atoms with van der Waals surface area (Å²) in [6.07, 6.45) is 8.78. The van der Waals surface area contributed by atoms with Crippen molar-refractivity contribution in [2.24, 2.45) is 11.8 Å². The SMILES string of the molecule is CCC(C)/C=C/C(=O)NCCCCCCNC(=O)C(C)C. The minimum Gasteiger partial charge on any atom is -0.356 e. The maximum absolute atomic E-state index is 11.5. The largest absolute Gasteiger partial charge is 0.356 e. The third kappa shape index (κ3) is 12.2. The molecular formula is C17H32N2O2. The van der Waals surface area contributed by atoms with Crippen LogP contribution in [-0.4, -0.2) is 24.9 Å². The third-order valence-corrected chi connectivity index (χ3v) is 3.45. The second kappa shape index (κ2) is 12.4. The van der Waals surface area contributed by atoms with Gasteiger partial charge in [0.15, 0.2) is 0 Å². The highest BCUT2D eigenvalue weighted by atomic mass is 16.2. The number of amides is 2. The molecule has 21 heavy (non-hydrogen) atoms. The minimum atomic E-state index is -0.000466. The summed E-state index contributed by atoms with van der Waals surface area (Å²) in [5.41, 5.74) is 0. The fourth-order valence-electron chi connectivity index (χ4n) is 1.68. The molecule has 2 amide bonds. The Morgan fingerprint density at radius 3 is 2.05 bits per heavy atom. The summed E-state index contributed by atoms with van der Waals surface area (Å²) in [5, 5.41) is 5.80. The first-order valence-corrected chi connectivity index (χ1v) is 8.21. The number of hydrogen-bond acceptors (Lipinski definition) is 2. The van der Waals surface area contributed by atoms with Crippen LogP contribution in [0.2, 0.25) is 0 Å². The number of carbonyl (C=O) groups is 2. The molecule has 0 aromatic heterocycles. The molecule has 0 fully saturated rings. The van der Waals surface area contributed by atoms with Crippen LogP contribution in [0.3, 0.4) is 0 Å². The topological polar surface area (TPSA) is 58.2 Å². The van der Waals surface area contributed by atoms with E-state index >= 15 is 0 Å². The number of nitrogens with one attached hydrogen (secondary N) is 2. The zero-order valence-electron chi connectivity index (χ0n) is 14.1. The van der Waals surface area contributed by atoms with Crippen LogP contribution >= 0.6 is 0 Å². The van der Waals surface area contributed by atoms with Gasteiger partial charge in [-0.15, -0.1) is 0 Å². The smallest absolute Gasteiger partial charge is 0.243 e. The lowest BCUT2D eigenvalue weighted by atomic mass is 10.1. The van der Waals surface area contributed by atoms with Gasteiger partial charge in [0.2, 0.25) is 11.8 Å². The number of hydrogen-bond donors (Lipinski definition) is 2. The van der Waals surface area contributed by atoms with E-state index in [1.807, 2.05) is 19.9 Å². The highest BCUT2D eigenvalue weighted by Crippen LogP contribution is 2.01. The summed E-state index contributed by atoms with van der Waals surface area (Å²) in [6.45, 7) is 9.48. The summed E-state index contributed by atoms with van der Waals surface area (Å²) >= 11 is 0. The third-order valence-electron chi connectivity index (χ3n) is 3.45. The van der Waals surface area contributed by atoms with Crippen molar-refractivity contribution in [2.75, 3.05) is 13.1 Å². The quantitative estimate of drug-likeness (QED) is 0.455. The Kier molecular flexibility index (Phi) is 11.6. The van der Waals surface area contributed by atoms with Crippen LogP contribution in [0.4, 0.5) is 0 Å². The normalized spacial score (nSPS) is 12.6. The lowest BCUT2D eigenvalue weighted by Crippen LogP contribution is -2.28. The van der Waals surface area contributed by atoms with Crippen molar-refractivity contribution in [1.82, 2.24) is 10.6 Å². The van der Waals surface area contributed by atoms with Gasteiger partial charge in [0, 0.05) is 19.0 Å². The van der Waals surface area contributed by atoms with Crippen molar-refractivity contribution in [3.63, 3.8) is 0 Å². The predicted molar refractivity (Wildman–Crippen MR) is 87.9 cm³/mol. The number of unbranched alkanes of at least 4 members (excludes halogenated alkanes) is 3. The molecule has 0 bridgehead atoms. The molecule has 0 rings (SSSR count). The monoisotopic (exact) mass is 296 g/mol. The minimum absolute atomic E-state index is 0.000466. The zero-order valence-corrected chi connectivity index (χ0v) is 14.1. The van der Waals surface area contributed by atoms with Gasteiger partial charge in [-0.2, -0.15) is 0 Å². The predicted octanol–water partition coefficient (Wildman–Crippen LogP) is 3.04. The Labute approximate surface area is 129 Å². The van der Waals surface area contributed by atoms with Crippen molar-refractivity contribution >= 4 is 11.8 Å². The van der Waals surface area contributed by atoms with Gasteiger partial charge in [0.05, 0.1) is 0 Å². The maximum atomic E-state index is 11.5. The highest BCUT2D eigenvalue weighted by molar-refractivity contribution is 5.87. The Hall–Kier alpha value is -1.32. The molecule has 0 saturated carbocycles. The summed E-state index contributed by atoms with van der Waals surface area (Å²) in [5.74, 6) is 0.635. The maximum Gasteiger partial charge on any atom is 0.243 e. The van der Waals surface area contributed by atoms with Crippen LogP contribution in [0.5, 0.6) is 0 Å². The summed E-state index contributed by atoms with van der Waals surface area (Å²) in [7, 11) is 0. The van der Waals surface area contributed by atoms with E-state index in [0.29, 0.717) is 5.92 Å². The standard InChI is InChI=1S/C17H32N2O2/c1-5-15(4)10-11-16(20)18-12-8-6-7-9-13-19-17(21)14(2)3/h10-11,14-15H,5-9,12-13H2,1-4H3,(H,18,20)(H,19,21)/b11-10+. The van der Waals surface area contributed by atoms with Crippen LogP contribution in [0.1, 0.15) is 59.8 Å². The van der Waals surface area contributed by atoms with Crippen molar-refractivity contribution in [3.8, 4) is 0 Å². The van der Waals surface area contributed by atoms with Crippen LogP contribution in [-0.2, 0) is 9.59 Å². The molecular weight excluding hydrogens is 264 g/mol. The van der Waals surface area contributed by atoms with Gasteiger partial charge in [0.1, 0.15) is 0 Å². The highest BCUT2D eigenvalue weighted by Gasteiger charge is 2.04. The molecule has 0 aliphatic carbocycles. The molecule has 0 radical (unpaired) electrons. The molecule has 1 unspecified atom stereocenters. The lowest BCUT2D eigenvalue weighted by molar-refractivity contribution is -0.124. The van der Waals surface area contributed by atoms with Gasteiger partial charge < -0.3 is 10.6 Å². The molecule has 4 heteroatoms. The summed E-state index contributed by atoms with van der Waals surface area (Å²) < 4.78 is 0. The van der Waals surface area contributed by atoms with Gasteiger partial charge in [-0.3, -0.25) is 9.59 Å². The molecule has 1 atom stereocenters. The Morgan fingerprint density at radius 1 is 0.952 bits per heavy atom. The molecule has 122 valence electrons. The van der Waals surface area contributed by atoms with E-state index < -0.39 is 0 Å². The van der Waals surface area contributed by atoms with Crippen molar-refractivity contribution < 1.29 is 9.59 Å². The fraction of sp³-hybridized carbons (Fsp3) is 0.765. The number of rotatable bonds is 11. The average molecular weight is 296 g/mol. The molecule has 0 spiro atoms. The second-order valence-electron chi connectivity index (χ2n) is 5.90. The summed E-state index contributed by atoms with van der Waals surface area (Å²) in [6, 6.07) is 0. The molecule has 0 aliphatic rings. The van der Waals surface area contributed by atoms with E-state index in [1.54, 1.807) is 6.08 Å². The first-order chi connectivity index (χ1) is 9.97. The fourth-order valence-corrected chi connectivity index (χ4v) is 1.68. The number of allylic oxidation sites excluding steroid dienone is 1. The van der Waals surface area contributed by atoms with Crippen molar-refractivity contribution in [1.29, 1.82) is 0 Å². The van der Waals surface area contributed by atoms with Crippen molar-refractivity contribution in [3.05, 3.63) is 12.2 Å². The van der Waals surface area contributed by atoms with Gasteiger partial charge >= 0.3 is 0 Å². The Bertz CT molecular complexity index is 325. The molecule has 4 nitrogen and oxygen atoms in total. The first kappa shape index (κ1) is 19.7. The molecule has 0 aliphatic heterocycles. The van der Waals surface area contributed by atoms with Gasteiger partial charge in [0.25, 0.3) is 0 Å². The number of carbonyl (C=O) groups excluding carboxylic acids is 2. The van der Waals surface area contributed by atoms with Crippen LogP contribution in [0, 0.1) is 11.8 Å². The van der Waals surface area contributed by atoms with E-state index in [-0.39, 0.29) is 17.7 Å². The Balaban J connectivity index is 3.42. The van der Waals surface area contributed by atoms with Crippen LogP contribution < -0.4 is 10.6 Å². The average Bonchev–Trinajstić information content (AvgIpc) is 2.46. The second-order valence-corrected chi connectivity index (χ2v) is 5.90. The Morgan fingerprint density at radius 2 is 1.52 bits per heavy atom. The van der Waals surface area contributed by atoms with E-state index in [0.717, 1.165) is 45.2 Å². The van der Waals surface area contributed by atoms with Gasteiger partial charge in [-0.05, 0) is 24.8 Å². The van der Waals surface area contributed by atoms with E-state index in [4.69, 9.17) is 0 Å². The molecule has 0 heterocycles. The van der Waals surface area contributed by atoms with E-state index in [2.05, 4.69) is 24.5 Å². The lowest BCUT2D eigenvalue weighted by Gasteiger charge is -2.07. The molecule has 0 aromatic rings. The summed E-state index contributed by atoms with van der Waals surface area (Å²) in [4.78, 5) is 22.8. The zero-order chi connectivity index (χ0) is 16.1. The van der Waals surface area contributed by atoms with Gasteiger partial charge in [-0.1, -0.05) is 53.0 Å². The van der Waals surface area contributed by atoms with Crippen LogP contribution in [0.25, 0.3) is 0 Å². The van der Waals surface area contributed by atoms with E-state index in [1.165, 1.54) is 0 Å². The van der Waals surface area contributed by atoms with Crippen LogP contribution in [0.15, 0.2) is 12.2 Å². The van der Waals surface area contributed by atoms with Gasteiger partial charge in [-0.25, -0.2) is 0 Å². The molecule has 2 N–H and O–H groups in total.